The van der Waals surface area contributed by atoms with E-state index >= 15 is 0 Å². The Kier molecular flexibility index (Phi) is 3.88. The largest absolute Gasteiger partial charge is 0.491 e. The van der Waals surface area contributed by atoms with Crippen LogP contribution in [0.5, 0.6) is 0 Å². The molecule has 4 rings (SSSR count). The van der Waals surface area contributed by atoms with Gasteiger partial charge in [-0.15, -0.1) is 0 Å². The van der Waals surface area contributed by atoms with E-state index in [1.165, 1.54) is 22.2 Å². The number of nitrogens with zero attached hydrogens (tertiary/aromatic N) is 4. The summed E-state index contributed by atoms with van der Waals surface area (Å²) in [5.74, 6) is 0.133. The summed E-state index contributed by atoms with van der Waals surface area (Å²) in [5.41, 5.74) is 6.36. The maximum absolute atomic E-state index is 12.8. The number of hydrogen-bond donors (Lipinski definition) is 1. The second kappa shape index (κ2) is 6.02. The van der Waals surface area contributed by atoms with Gasteiger partial charge in [-0.1, -0.05) is 32.0 Å². The van der Waals surface area contributed by atoms with Crippen molar-refractivity contribution in [3.05, 3.63) is 71.4 Å². The first-order chi connectivity index (χ1) is 12.8. The lowest BCUT2D eigenvalue weighted by Crippen LogP contribution is -2.37. The summed E-state index contributed by atoms with van der Waals surface area (Å²) >= 11 is 0. The minimum Gasteiger partial charge on any atom is -0.491 e. The molecule has 8 heteroatoms. The SMILES string of the molecule is CC(C)C1=NC2=C(O)N(c3ccc(C(F)(F)F)cc3)[N]N2c2ccccc21. The van der Waals surface area contributed by atoms with Gasteiger partial charge in [-0.2, -0.15) is 13.2 Å². The summed E-state index contributed by atoms with van der Waals surface area (Å²) in [6.45, 7) is 4.01. The van der Waals surface area contributed by atoms with Crippen LogP contribution in [-0.4, -0.2) is 10.8 Å². The lowest BCUT2D eigenvalue weighted by atomic mass is 9.97. The van der Waals surface area contributed by atoms with Crippen molar-refractivity contribution < 1.29 is 18.3 Å². The van der Waals surface area contributed by atoms with E-state index in [0.717, 1.165) is 29.1 Å². The van der Waals surface area contributed by atoms with Crippen molar-refractivity contribution in [3.63, 3.8) is 0 Å². The number of aliphatic hydroxyl groups is 1. The highest BCUT2D eigenvalue weighted by Gasteiger charge is 2.38. The van der Waals surface area contributed by atoms with Crippen molar-refractivity contribution >= 4 is 17.1 Å². The van der Waals surface area contributed by atoms with Gasteiger partial charge in [0.1, 0.15) is 0 Å². The Morgan fingerprint density at radius 3 is 2.26 bits per heavy atom. The van der Waals surface area contributed by atoms with E-state index in [1.807, 2.05) is 38.1 Å². The summed E-state index contributed by atoms with van der Waals surface area (Å²) in [5, 5.41) is 13.3. The second-order valence-corrected chi connectivity index (χ2v) is 6.57. The van der Waals surface area contributed by atoms with Gasteiger partial charge in [-0.3, -0.25) is 0 Å². The molecule has 2 aromatic carbocycles. The molecule has 5 nitrogen and oxygen atoms in total. The molecule has 0 saturated carbocycles. The zero-order valence-electron chi connectivity index (χ0n) is 14.6. The van der Waals surface area contributed by atoms with Gasteiger partial charge in [0.05, 0.1) is 22.6 Å². The lowest BCUT2D eigenvalue weighted by molar-refractivity contribution is -0.137. The molecule has 0 saturated heterocycles. The summed E-state index contributed by atoms with van der Waals surface area (Å²) < 4.78 is 38.3. The minimum absolute atomic E-state index is 0.119. The maximum Gasteiger partial charge on any atom is 0.416 e. The van der Waals surface area contributed by atoms with E-state index in [-0.39, 0.29) is 17.6 Å². The van der Waals surface area contributed by atoms with Crippen molar-refractivity contribution in [3.8, 4) is 0 Å². The average molecular weight is 373 g/mol. The Balaban J connectivity index is 1.75. The fourth-order valence-electron chi connectivity index (χ4n) is 3.08. The second-order valence-electron chi connectivity index (χ2n) is 6.57. The zero-order chi connectivity index (χ0) is 19.3. The van der Waals surface area contributed by atoms with Crippen LogP contribution in [0.1, 0.15) is 25.0 Å². The van der Waals surface area contributed by atoms with E-state index in [9.17, 15) is 18.3 Å². The van der Waals surface area contributed by atoms with Gasteiger partial charge in [-0.25, -0.2) is 15.0 Å². The Labute approximate surface area is 154 Å². The summed E-state index contributed by atoms with van der Waals surface area (Å²) in [4.78, 5) is 4.56. The molecule has 2 heterocycles. The molecule has 2 aliphatic rings. The molecule has 2 aromatic rings. The molecular weight excluding hydrogens is 357 g/mol. The minimum atomic E-state index is -4.42. The normalized spacial score (nSPS) is 16.6. The number of benzene rings is 2. The monoisotopic (exact) mass is 373 g/mol. The Hall–Kier alpha value is -3.00. The standard InChI is InChI=1S/C19H16F3N4O/c1-11(2)16-14-5-3-4-6-15(14)26-17(23-16)18(27)25(24-26)13-9-7-12(8-10-13)19(20,21)22/h3-11,27H,1-2H3. The first kappa shape index (κ1) is 17.4. The number of rotatable bonds is 2. The van der Waals surface area contributed by atoms with Crippen LogP contribution >= 0.6 is 0 Å². The number of halogens is 3. The highest BCUT2D eigenvalue weighted by atomic mass is 19.4. The van der Waals surface area contributed by atoms with Crippen molar-refractivity contribution in [2.45, 2.75) is 20.0 Å². The first-order valence-electron chi connectivity index (χ1n) is 8.37. The summed E-state index contributed by atoms with van der Waals surface area (Å²) in [7, 11) is 0. The molecule has 0 atom stereocenters. The highest BCUT2D eigenvalue weighted by molar-refractivity contribution is 6.08. The molecule has 0 bridgehead atoms. The van der Waals surface area contributed by atoms with Gasteiger partial charge in [-0.05, 0) is 41.8 Å². The van der Waals surface area contributed by atoms with Crippen molar-refractivity contribution in [1.29, 1.82) is 0 Å². The molecule has 27 heavy (non-hydrogen) atoms. The van der Waals surface area contributed by atoms with Crippen LogP contribution < -0.4 is 15.6 Å². The van der Waals surface area contributed by atoms with Crippen molar-refractivity contribution in [1.82, 2.24) is 5.53 Å². The van der Waals surface area contributed by atoms with Gasteiger partial charge in [0.15, 0.2) is 0 Å². The molecule has 139 valence electrons. The van der Waals surface area contributed by atoms with Crippen LogP contribution in [0, 0.1) is 5.92 Å². The van der Waals surface area contributed by atoms with Crippen molar-refractivity contribution in [2.75, 3.05) is 10.0 Å². The first-order valence-corrected chi connectivity index (χ1v) is 8.37. The van der Waals surface area contributed by atoms with Crippen LogP contribution in [-0.2, 0) is 6.18 Å². The van der Waals surface area contributed by atoms with Gasteiger partial charge in [0.2, 0.25) is 5.82 Å². The average Bonchev–Trinajstić information content (AvgIpc) is 2.97. The number of aliphatic imine (C=N–C) groups is 1. The fraction of sp³-hybridized carbons (Fsp3) is 0.211. The molecule has 0 aromatic heterocycles. The predicted octanol–water partition coefficient (Wildman–Crippen LogP) is 4.61. The Morgan fingerprint density at radius 2 is 1.63 bits per heavy atom. The van der Waals surface area contributed by atoms with E-state index in [2.05, 4.69) is 10.5 Å². The van der Waals surface area contributed by atoms with E-state index in [4.69, 9.17) is 0 Å². The third kappa shape index (κ3) is 2.82. The quantitative estimate of drug-likeness (QED) is 0.836. The summed E-state index contributed by atoms with van der Waals surface area (Å²) in [6.07, 6.45) is -4.42. The third-order valence-electron chi connectivity index (χ3n) is 4.40. The number of fused-ring (bicyclic) bond motifs is 3. The molecular formula is C19H16F3N4O. The number of para-hydroxylation sites is 1. The topological polar surface area (TPSA) is 53.2 Å². The van der Waals surface area contributed by atoms with Crippen molar-refractivity contribution in [2.24, 2.45) is 10.9 Å². The van der Waals surface area contributed by atoms with Gasteiger partial charge < -0.3 is 5.11 Å². The van der Waals surface area contributed by atoms with Crippen LogP contribution in [0.25, 0.3) is 0 Å². The van der Waals surface area contributed by atoms with Gasteiger partial charge in [0.25, 0.3) is 5.88 Å². The number of anilines is 2. The lowest BCUT2D eigenvalue weighted by Gasteiger charge is -2.27. The van der Waals surface area contributed by atoms with Crippen LogP contribution in [0.15, 0.2) is 65.2 Å². The fourth-order valence-corrected chi connectivity index (χ4v) is 3.08. The zero-order valence-corrected chi connectivity index (χ0v) is 14.6. The van der Waals surface area contributed by atoms with Gasteiger partial charge in [0, 0.05) is 5.56 Å². The Bertz CT molecular complexity index is 948. The van der Waals surface area contributed by atoms with E-state index in [1.54, 1.807) is 0 Å². The smallest absolute Gasteiger partial charge is 0.416 e. The van der Waals surface area contributed by atoms with Crippen LogP contribution in [0.2, 0.25) is 0 Å². The summed E-state index contributed by atoms with van der Waals surface area (Å²) in [6, 6.07) is 12.0. The molecule has 0 amide bonds. The van der Waals surface area contributed by atoms with E-state index in [0.29, 0.717) is 5.69 Å². The van der Waals surface area contributed by atoms with E-state index < -0.39 is 11.7 Å². The number of aliphatic hydroxyl groups excluding tert-OH is 1. The van der Waals surface area contributed by atoms with Crippen LogP contribution in [0.3, 0.4) is 0 Å². The third-order valence-corrected chi connectivity index (χ3v) is 4.40. The highest BCUT2D eigenvalue weighted by Crippen LogP contribution is 2.38. The number of hydrogen-bond acceptors (Lipinski definition) is 4. The molecule has 2 aliphatic heterocycles. The molecule has 0 fully saturated rings. The Morgan fingerprint density at radius 1 is 0.963 bits per heavy atom. The predicted molar refractivity (Wildman–Crippen MR) is 96.0 cm³/mol. The molecule has 0 aliphatic carbocycles. The molecule has 1 radical (unpaired) electrons. The molecule has 0 unspecified atom stereocenters. The van der Waals surface area contributed by atoms with Gasteiger partial charge >= 0.3 is 6.18 Å². The van der Waals surface area contributed by atoms with Crippen LogP contribution in [0.4, 0.5) is 24.5 Å². The molecule has 0 spiro atoms. The maximum atomic E-state index is 12.8. The number of alkyl halides is 3. The molecule has 1 N–H and O–H groups in total.